The van der Waals surface area contributed by atoms with Gasteiger partial charge in [-0.05, 0) is 43.5 Å². The van der Waals surface area contributed by atoms with E-state index in [2.05, 4.69) is 41.9 Å². The first-order chi connectivity index (χ1) is 11.5. The first kappa shape index (κ1) is 18.1. The van der Waals surface area contributed by atoms with Gasteiger partial charge in [0.05, 0.1) is 18.7 Å². The molecule has 0 radical (unpaired) electrons. The van der Waals surface area contributed by atoms with Crippen molar-refractivity contribution in [2.75, 3.05) is 18.6 Å². The number of quaternary nitrogens is 1. The molecule has 0 bridgehead atoms. The molecule has 0 fully saturated rings. The number of amides is 1. The number of rotatable bonds is 6. The number of hydrogen-bond acceptors (Lipinski definition) is 3. The van der Waals surface area contributed by atoms with Crippen molar-refractivity contribution in [1.29, 1.82) is 5.26 Å². The fourth-order valence-electron chi connectivity index (χ4n) is 2.36. The second-order valence-corrected chi connectivity index (χ2v) is 6.65. The lowest BCUT2D eigenvalue weighted by Gasteiger charge is -2.21. The molecule has 0 saturated heterocycles. The van der Waals surface area contributed by atoms with Gasteiger partial charge < -0.3 is 10.2 Å². The Bertz CT molecular complexity index is 737. The number of nitrogens with one attached hydrogen (secondary N) is 2. The highest BCUT2D eigenvalue weighted by Crippen LogP contribution is 2.14. The number of nitriles is 1. The third-order valence-electron chi connectivity index (χ3n) is 4.03. The molecule has 2 aromatic rings. The molecule has 0 spiro atoms. The molecule has 2 atom stereocenters. The molecule has 0 aromatic heterocycles. The summed E-state index contributed by atoms with van der Waals surface area (Å²) in [5.74, 6) is -0.0525. The maximum absolute atomic E-state index is 12.4. The molecule has 0 saturated carbocycles. The molecule has 24 heavy (non-hydrogen) atoms. The molecular weight excluding hydrogens is 318 g/mol. The maximum atomic E-state index is 12.4. The Morgan fingerprint density at radius 2 is 2.00 bits per heavy atom. The second kappa shape index (κ2) is 8.53. The van der Waals surface area contributed by atoms with E-state index in [9.17, 15) is 4.79 Å². The molecule has 2 rings (SSSR count). The third kappa shape index (κ3) is 4.85. The van der Waals surface area contributed by atoms with Gasteiger partial charge in [0.25, 0.3) is 5.91 Å². The van der Waals surface area contributed by atoms with Crippen molar-refractivity contribution in [2.24, 2.45) is 0 Å². The predicted molar refractivity (Wildman–Crippen MR) is 98.1 cm³/mol. The number of hydrogen-bond donors (Lipinski definition) is 2. The Morgan fingerprint density at radius 3 is 2.62 bits per heavy atom. The highest BCUT2D eigenvalue weighted by atomic mass is 32.2. The fraction of sp³-hybridized carbons (Fsp3) is 0.263. The number of nitrogens with zero attached hydrogens (tertiary/aromatic N) is 1. The van der Waals surface area contributed by atoms with Crippen molar-refractivity contribution in [3.63, 3.8) is 0 Å². The van der Waals surface area contributed by atoms with Crippen LogP contribution in [0.4, 0.5) is 5.69 Å². The van der Waals surface area contributed by atoms with Gasteiger partial charge in [0, 0.05) is 16.1 Å². The van der Waals surface area contributed by atoms with Crippen molar-refractivity contribution in [3.8, 4) is 6.07 Å². The van der Waals surface area contributed by atoms with Crippen LogP contribution >= 0.6 is 11.8 Å². The van der Waals surface area contributed by atoms with Gasteiger partial charge in [-0.1, -0.05) is 18.2 Å². The van der Waals surface area contributed by atoms with Gasteiger partial charge in [0.2, 0.25) is 0 Å². The highest BCUT2D eigenvalue weighted by Gasteiger charge is 2.22. The van der Waals surface area contributed by atoms with Gasteiger partial charge in [-0.25, -0.2) is 0 Å². The largest absolute Gasteiger partial charge is 0.324 e. The van der Waals surface area contributed by atoms with E-state index in [1.807, 2.05) is 14.0 Å². The normalized spacial score (nSPS) is 12.9. The topological polar surface area (TPSA) is 57.3 Å². The number of benzene rings is 2. The number of carbonyl (C=O) groups is 1. The van der Waals surface area contributed by atoms with E-state index in [0.717, 1.165) is 11.4 Å². The minimum Gasteiger partial charge on any atom is -0.324 e. The van der Waals surface area contributed by atoms with Crippen molar-refractivity contribution in [1.82, 2.24) is 0 Å². The van der Waals surface area contributed by atoms with Crippen LogP contribution in [0.1, 0.15) is 18.1 Å². The van der Waals surface area contributed by atoms with E-state index in [1.54, 1.807) is 36.0 Å². The van der Waals surface area contributed by atoms with E-state index in [1.165, 1.54) is 10.5 Å². The predicted octanol–water partition coefficient (Wildman–Crippen LogP) is 2.32. The van der Waals surface area contributed by atoms with Crippen LogP contribution in [-0.4, -0.2) is 25.3 Å². The van der Waals surface area contributed by atoms with Crippen LogP contribution in [0.3, 0.4) is 0 Å². The number of likely N-dealkylation sites (N-methyl/N-ethyl adjacent to an activating group) is 1. The molecule has 0 heterocycles. The van der Waals surface area contributed by atoms with Gasteiger partial charge >= 0.3 is 0 Å². The van der Waals surface area contributed by atoms with Gasteiger partial charge in [0.1, 0.15) is 6.54 Å². The Balaban J connectivity index is 1.97. The van der Waals surface area contributed by atoms with Gasteiger partial charge in [0.15, 0.2) is 6.04 Å². The molecule has 0 aliphatic carbocycles. The maximum Gasteiger partial charge on any atom is 0.282 e. The molecule has 2 aromatic carbocycles. The Kier molecular flexibility index (Phi) is 6.42. The van der Waals surface area contributed by atoms with Gasteiger partial charge in [-0.3, -0.25) is 4.79 Å². The zero-order valence-corrected chi connectivity index (χ0v) is 15.0. The van der Waals surface area contributed by atoms with E-state index in [-0.39, 0.29) is 11.9 Å². The van der Waals surface area contributed by atoms with E-state index >= 15 is 0 Å². The molecule has 1 unspecified atom stereocenters. The van der Waals surface area contributed by atoms with Gasteiger partial charge in [-0.15, -0.1) is 11.8 Å². The lowest BCUT2D eigenvalue weighted by atomic mass is 10.1. The fourth-order valence-corrected chi connectivity index (χ4v) is 2.77. The summed E-state index contributed by atoms with van der Waals surface area (Å²) in [6.45, 7) is 2.69. The summed E-state index contributed by atoms with van der Waals surface area (Å²) < 4.78 is 0. The van der Waals surface area contributed by atoms with Gasteiger partial charge in [-0.2, -0.15) is 5.26 Å². The Hall–Kier alpha value is -2.29. The van der Waals surface area contributed by atoms with E-state index in [0.29, 0.717) is 11.3 Å². The summed E-state index contributed by atoms with van der Waals surface area (Å²) in [6, 6.07) is 17.3. The molecular formula is C19H22N3OS+. The second-order valence-electron chi connectivity index (χ2n) is 5.77. The number of anilines is 1. The third-order valence-corrected chi connectivity index (χ3v) is 4.78. The SMILES string of the molecule is CSc1ccc(C[NH+](C)[C@H](C)C(=O)Nc2cccc(C#N)c2)cc1. The smallest absolute Gasteiger partial charge is 0.282 e. The zero-order chi connectivity index (χ0) is 17.5. The van der Waals surface area contributed by atoms with Crippen molar-refractivity contribution >= 4 is 23.4 Å². The van der Waals surface area contributed by atoms with Crippen LogP contribution in [0.25, 0.3) is 0 Å². The summed E-state index contributed by atoms with van der Waals surface area (Å²) in [6.07, 6.45) is 2.06. The minimum atomic E-state index is -0.198. The zero-order valence-electron chi connectivity index (χ0n) is 14.2. The molecule has 124 valence electrons. The number of thioether (sulfide) groups is 1. The van der Waals surface area contributed by atoms with Crippen LogP contribution in [0.15, 0.2) is 53.4 Å². The molecule has 0 aliphatic rings. The van der Waals surface area contributed by atoms with Crippen LogP contribution in [0, 0.1) is 11.3 Å². The van der Waals surface area contributed by atoms with Crippen LogP contribution in [0.5, 0.6) is 0 Å². The van der Waals surface area contributed by atoms with Crippen LogP contribution in [0.2, 0.25) is 0 Å². The molecule has 1 amide bonds. The number of carbonyl (C=O) groups excluding carboxylic acids is 1. The molecule has 2 N–H and O–H groups in total. The summed E-state index contributed by atoms with van der Waals surface area (Å²) in [7, 11) is 2.01. The molecule has 5 heteroatoms. The Morgan fingerprint density at radius 1 is 1.29 bits per heavy atom. The van der Waals surface area contributed by atoms with E-state index < -0.39 is 0 Å². The molecule has 4 nitrogen and oxygen atoms in total. The first-order valence-corrected chi connectivity index (χ1v) is 9.02. The monoisotopic (exact) mass is 340 g/mol. The van der Waals surface area contributed by atoms with Crippen molar-refractivity contribution < 1.29 is 9.69 Å². The first-order valence-electron chi connectivity index (χ1n) is 7.79. The average Bonchev–Trinajstić information content (AvgIpc) is 2.61. The molecule has 0 aliphatic heterocycles. The quantitative estimate of drug-likeness (QED) is 0.794. The minimum absolute atomic E-state index is 0.0525. The van der Waals surface area contributed by atoms with Crippen molar-refractivity contribution in [2.45, 2.75) is 24.4 Å². The van der Waals surface area contributed by atoms with E-state index in [4.69, 9.17) is 5.26 Å². The standard InChI is InChI=1S/C19H21N3OS/c1-14(19(23)21-17-6-4-5-16(11-17)12-20)22(2)13-15-7-9-18(24-3)10-8-15/h4-11,14H,13H2,1-3H3,(H,21,23)/p+1/t14-/m1/s1. The van der Waals surface area contributed by atoms with Crippen molar-refractivity contribution in [3.05, 3.63) is 59.7 Å². The summed E-state index contributed by atoms with van der Waals surface area (Å²) in [5.41, 5.74) is 2.40. The summed E-state index contributed by atoms with van der Waals surface area (Å²) in [5, 5.41) is 11.8. The summed E-state index contributed by atoms with van der Waals surface area (Å²) >= 11 is 1.72. The summed E-state index contributed by atoms with van der Waals surface area (Å²) in [4.78, 5) is 14.8. The highest BCUT2D eigenvalue weighted by molar-refractivity contribution is 7.98. The lowest BCUT2D eigenvalue weighted by Crippen LogP contribution is -3.12. The van der Waals surface area contributed by atoms with Crippen LogP contribution in [-0.2, 0) is 11.3 Å². The Labute approximate surface area is 147 Å². The average molecular weight is 340 g/mol. The van der Waals surface area contributed by atoms with Crippen LogP contribution < -0.4 is 10.2 Å². The lowest BCUT2D eigenvalue weighted by molar-refractivity contribution is -0.907.